The van der Waals surface area contributed by atoms with Gasteiger partial charge in [0.15, 0.2) is 0 Å². The maximum atomic E-state index is 10.4. The van der Waals surface area contributed by atoms with Gasteiger partial charge in [-0.05, 0) is 55.5 Å². The van der Waals surface area contributed by atoms with Crippen LogP contribution in [0.5, 0.6) is 5.75 Å². The molecule has 0 aliphatic carbocycles. The molecule has 2 N–H and O–H groups in total. The van der Waals surface area contributed by atoms with Crippen molar-refractivity contribution in [2.24, 2.45) is 0 Å². The van der Waals surface area contributed by atoms with Crippen LogP contribution < -0.4 is 10.1 Å². The number of carboxylic acid groups (broad SMARTS) is 1. The molecular formula is C21H27NO3. The predicted molar refractivity (Wildman–Crippen MR) is 100 cm³/mol. The minimum absolute atomic E-state index is 0.173. The summed E-state index contributed by atoms with van der Waals surface area (Å²) in [5, 5.41) is 11.7. The van der Waals surface area contributed by atoms with Crippen LogP contribution in [-0.2, 0) is 17.6 Å². The van der Waals surface area contributed by atoms with Crippen molar-refractivity contribution >= 4 is 5.97 Å². The quantitative estimate of drug-likeness (QED) is 0.578. The number of hydrogen-bond acceptors (Lipinski definition) is 3. The lowest BCUT2D eigenvalue weighted by Gasteiger charge is -2.09. The van der Waals surface area contributed by atoms with Crippen molar-refractivity contribution in [3.8, 4) is 5.75 Å². The molecule has 25 heavy (non-hydrogen) atoms. The van der Waals surface area contributed by atoms with E-state index in [4.69, 9.17) is 9.84 Å². The highest BCUT2D eigenvalue weighted by Gasteiger charge is 1.99. The number of rotatable bonds is 12. The maximum absolute atomic E-state index is 10.4. The summed E-state index contributed by atoms with van der Waals surface area (Å²) in [5.74, 6) is 0.161. The molecule has 0 bridgehead atoms. The van der Waals surface area contributed by atoms with Gasteiger partial charge in [0.25, 0.3) is 0 Å². The van der Waals surface area contributed by atoms with Gasteiger partial charge in [-0.25, -0.2) is 0 Å². The minimum Gasteiger partial charge on any atom is -0.494 e. The SMILES string of the molecule is O=C(O)CCNCCCc1cccc(OCCCc2ccccc2)c1. The number of ether oxygens (including phenoxy) is 1. The van der Waals surface area contributed by atoms with Gasteiger partial charge in [0.2, 0.25) is 0 Å². The zero-order valence-corrected chi connectivity index (χ0v) is 14.6. The fraction of sp³-hybridized carbons (Fsp3) is 0.381. The van der Waals surface area contributed by atoms with Crippen LogP contribution in [0.2, 0.25) is 0 Å². The van der Waals surface area contributed by atoms with Gasteiger partial charge in [-0.15, -0.1) is 0 Å². The second-order valence-corrected chi connectivity index (χ2v) is 6.08. The highest BCUT2D eigenvalue weighted by molar-refractivity contribution is 5.66. The lowest BCUT2D eigenvalue weighted by atomic mass is 10.1. The topological polar surface area (TPSA) is 58.6 Å². The fourth-order valence-electron chi connectivity index (χ4n) is 2.64. The largest absolute Gasteiger partial charge is 0.494 e. The Morgan fingerprint density at radius 3 is 2.48 bits per heavy atom. The van der Waals surface area contributed by atoms with Crippen LogP contribution in [0.4, 0.5) is 0 Å². The number of aliphatic carboxylic acids is 1. The molecule has 0 unspecified atom stereocenters. The number of nitrogens with one attached hydrogen (secondary N) is 1. The first kappa shape index (κ1) is 19.0. The normalized spacial score (nSPS) is 10.6. The van der Waals surface area contributed by atoms with Crippen molar-refractivity contribution in [1.82, 2.24) is 5.32 Å². The first-order valence-electron chi connectivity index (χ1n) is 8.92. The summed E-state index contributed by atoms with van der Waals surface area (Å²) in [4.78, 5) is 10.4. The molecule has 0 heterocycles. The molecule has 0 aliphatic heterocycles. The molecule has 0 aromatic heterocycles. The first-order valence-corrected chi connectivity index (χ1v) is 8.92. The molecule has 2 aromatic carbocycles. The third-order valence-electron chi connectivity index (χ3n) is 3.95. The van der Waals surface area contributed by atoms with Crippen molar-refractivity contribution in [1.29, 1.82) is 0 Å². The molecule has 0 radical (unpaired) electrons. The summed E-state index contributed by atoms with van der Waals surface area (Å²) in [6.07, 6.45) is 4.15. The van der Waals surface area contributed by atoms with E-state index in [1.807, 2.05) is 18.2 Å². The van der Waals surface area contributed by atoms with Crippen LogP contribution in [-0.4, -0.2) is 30.8 Å². The van der Waals surface area contributed by atoms with Crippen molar-refractivity contribution in [2.45, 2.75) is 32.1 Å². The van der Waals surface area contributed by atoms with E-state index < -0.39 is 5.97 Å². The van der Waals surface area contributed by atoms with Crippen molar-refractivity contribution in [3.05, 3.63) is 65.7 Å². The molecule has 0 saturated carbocycles. The van der Waals surface area contributed by atoms with Crippen LogP contribution in [0.3, 0.4) is 0 Å². The Bertz CT molecular complexity index is 628. The number of aryl methyl sites for hydroxylation is 2. The number of hydrogen-bond donors (Lipinski definition) is 2. The monoisotopic (exact) mass is 341 g/mol. The summed E-state index contributed by atoms with van der Waals surface area (Å²) < 4.78 is 5.86. The smallest absolute Gasteiger partial charge is 0.304 e. The summed E-state index contributed by atoms with van der Waals surface area (Å²) in [6, 6.07) is 18.7. The Hall–Kier alpha value is -2.33. The van der Waals surface area contributed by atoms with E-state index >= 15 is 0 Å². The zero-order valence-electron chi connectivity index (χ0n) is 14.6. The van der Waals surface area contributed by atoms with Crippen LogP contribution in [0.15, 0.2) is 54.6 Å². The van der Waals surface area contributed by atoms with Gasteiger partial charge < -0.3 is 15.2 Å². The van der Waals surface area contributed by atoms with Gasteiger partial charge >= 0.3 is 5.97 Å². The lowest BCUT2D eigenvalue weighted by Crippen LogP contribution is -2.19. The van der Waals surface area contributed by atoms with Gasteiger partial charge in [0.1, 0.15) is 5.75 Å². The van der Waals surface area contributed by atoms with E-state index in [0.29, 0.717) is 6.54 Å². The van der Waals surface area contributed by atoms with Crippen molar-refractivity contribution < 1.29 is 14.6 Å². The van der Waals surface area contributed by atoms with Gasteiger partial charge in [-0.1, -0.05) is 42.5 Å². The Morgan fingerprint density at radius 2 is 1.68 bits per heavy atom. The molecule has 4 nitrogen and oxygen atoms in total. The second-order valence-electron chi connectivity index (χ2n) is 6.08. The van der Waals surface area contributed by atoms with E-state index in [2.05, 4.69) is 41.7 Å². The number of benzene rings is 2. The number of carboxylic acids is 1. The molecule has 2 aromatic rings. The maximum Gasteiger partial charge on any atom is 0.304 e. The molecule has 0 spiro atoms. The Morgan fingerprint density at radius 1 is 0.920 bits per heavy atom. The average molecular weight is 341 g/mol. The lowest BCUT2D eigenvalue weighted by molar-refractivity contribution is -0.136. The van der Waals surface area contributed by atoms with Gasteiger partial charge in [-0.2, -0.15) is 0 Å². The molecule has 0 saturated heterocycles. The minimum atomic E-state index is -0.760. The van der Waals surface area contributed by atoms with Crippen LogP contribution >= 0.6 is 0 Å². The van der Waals surface area contributed by atoms with E-state index in [9.17, 15) is 4.79 Å². The van der Waals surface area contributed by atoms with E-state index in [-0.39, 0.29) is 6.42 Å². The molecule has 0 amide bonds. The van der Waals surface area contributed by atoms with E-state index in [1.165, 1.54) is 11.1 Å². The average Bonchev–Trinajstić information content (AvgIpc) is 2.63. The second kappa shape index (κ2) is 11.3. The standard InChI is InChI=1S/C21H27NO3/c23-21(24)13-15-22-14-5-10-19-9-4-12-20(17-19)25-16-6-11-18-7-2-1-3-8-18/h1-4,7-9,12,17,22H,5-6,10-11,13-16H2,(H,23,24). The van der Waals surface area contributed by atoms with Crippen molar-refractivity contribution in [3.63, 3.8) is 0 Å². The van der Waals surface area contributed by atoms with Gasteiger partial charge in [0.05, 0.1) is 13.0 Å². The predicted octanol–water partition coefficient (Wildman–Crippen LogP) is 3.70. The summed E-state index contributed by atoms with van der Waals surface area (Å²) in [6.45, 7) is 2.07. The third-order valence-corrected chi connectivity index (χ3v) is 3.95. The number of carbonyl (C=O) groups is 1. The molecule has 4 heteroatoms. The highest BCUT2D eigenvalue weighted by atomic mass is 16.5. The van der Waals surface area contributed by atoms with Gasteiger partial charge in [-0.3, -0.25) is 4.79 Å². The van der Waals surface area contributed by atoms with Crippen LogP contribution in [0.1, 0.15) is 30.4 Å². The van der Waals surface area contributed by atoms with Gasteiger partial charge in [0, 0.05) is 6.54 Å². The molecule has 134 valence electrons. The Kier molecular flexibility index (Phi) is 8.56. The Labute approximate surface area is 149 Å². The fourth-order valence-corrected chi connectivity index (χ4v) is 2.64. The zero-order chi connectivity index (χ0) is 17.7. The van der Waals surface area contributed by atoms with Crippen LogP contribution in [0, 0.1) is 0 Å². The van der Waals surface area contributed by atoms with E-state index in [1.54, 1.807) is 0 Å². The van der Waals surface area contributed by atoms with Crippen molar-refractivity contribution in [2.75, 3.05) is 19.7 Å². The molecule has 2 rings (SSSR count). The van der Waals surface area contributed by atoms with Crippen LogP contribution in [0.25, 0.3) is 0 Å². The third kappa shape index (κ3) is 8.36. The molecule has 0 fully saturated rings. The molecule has 0 atom stereocenters. The summed E-state index contributed by atoms with van der Waals surface area (Å²) in [5.41, 5.74) is 2.59. The highest BCUT2D eigenvalue weighted by Crippen LogP contribution is 2.15. The summed E-state index contributed by atoms with van der Waals surface area (Å²) >= 11 is 0. The van der Waals surface area contributed by atoms with E-state index in [0.717, 1.165) is 44.6 Å². The molecule has 0 aliphatic rings. The Balaban J connectivity index is 1.62. The molecular weight excluding hydrogens is 314 g/mol. The first-order chi connectivity index (χ1) is 12.2. The summed E-state index contributed by atoms with van der Waals surface area (Å²) in [7, 11) is 0.